The molecule has 3 heterocycles. The Labute approximate surface area is 182 Å². The zero-order valence-corrected chi connectivity index (χ0v) is 18.8. The Morgan fingerprint density at radius 1 is 1.10 bits per heavy atom. The van der Waals surface area contributed by atoms with Gasteiger partial charge in [-0.05, 0) is 63.7 Å². The Balaban J connectivity index is 1.29. The SMILES string of the molecule is CCN1CCCC1CN=C(NCCc1ccco1)NC1CCN(C2CCCC2)CC1. The molecular weight excluding hydrogens is 374 g/mol. The van der Waals surface area contributed by atoms with Gasteiger partial charge in [-0.1, -0.05) is 19.8 Å². The summed E-state index contributed by atoms with van der Waals surface area (Å²) >= 11 is 0. The van der Waals surface area contributed by atoms with Gasteiger partial charge in [0.2, 0.25) is 0 Å². The van der Waals surface area contributed by atoms with Gasteiger partial charge in [-0.3, -0.25) is 9.89 Å². The minimum Gasteiger partial charge on any atom is -0.469 e. The monoisotopic (exact) mass is 415 g/mol. The molecule has 3 fully saturated rings. The van der Waals surface area contributed by atoms with Gasteiger partial charge in [0.15, 0.2) is 5.96 Å². The minimum atomic E-state index is 0.531. The van der Waals surface area contributed by atoms with Crippen molar-refractivity contribution in [2.24, 2.45) is 4.99 Å². The van der Waals surface area contributed by atoms with Gasteiger partial charge < -0.3 is 20.0 Å². The molecule has 2 saturated heterocycles. The maximum absolute atomic E-state index is 5.48. The van der Waals surface area contributed by atoms with E-state index in [1.165, 1.54) is 71.0 Å². The molecule has 2 aliphatic heterocycles. The molecule has 1 aromatic rings. The molecule has 30 heavy (non-hydrogen) atoms. The molecule has 6 nitrogen and oxygen atoms in total. The lowest BCUT2D eigenvalue weighted by Gasteiger charge is -2.36. The number of nitrogens with one attached hydrogen (secondary N) is 2. The van der Waals surface area contributed by atoms with Gasteiger partial charge in [0, 0.05) is 44.2 Å². The molecule has 3 aliphatic rings. The number of hydrogen-bond acceptors (Lipinski definition) is 4. The molecule has 2 N–H and O–H groups in total. The molecule has 0 radical (unpaired) electrons. The van der Waals surface area contributed by atoms with E-state index >= 15 is 0 Å². The second kappa shape index (κ2) is 11.2. The molecular formula is C24H41N5O. The van der Waals surface area contributed by atoms with E-state index in [2.05, 4.69) is 27.4 Å². The van der Waals surface area contributed by atoms with E-state index in [1.807, 2.05) is 12.1 Å². The molecule has 6 heteroatoms. The summed E-state index contributed by atoms with van der Waals surface area (Å²) in [6.07, 6.45) is 13.3. The molecule has 1 atom stereocenters. The van der Waals surface area contributed by atoms with Crippen LogP contribution < -0.4 is 10.6 Å². The van der Waals surface area contributed by atoms with Gasteiger partial charge in [0.05, 0.1) is 12.8 Å². The van der Waals surface area contributed by atoms with Crippen LogP contribution in [0.15, 0.2) is 27.8 Å². The fourth-order valence-corrected chi connectivity index (χ4v) is 5.50. The Kier molecular flexibility index (Phi) is 8.09. The van der Waals surface area contributed by atoms with E-state index < -0.39 is 0 Å². The average molecular weight is 416 g/mol. The Morgan fingerprint density at radius 2 is 1.93 bits per heavy atom. The zero-order valence-electron chi connectivity index (χ0n) is 18.8. The number of nitrogens with zero attached hydrogens (tertiary/aromatic N) is 3. The fraction of sp³-hybridized carbons (Fsp3) is 0.792. The maximum Gasteiger partial charge on any atom is 0.191 e. The summed E-state index contributed by atoms with van der Waals surface area (Å²) in [5.74, 6) is 2.02. The number of likely N-dealkylation sites (tertiary alicyclic amines) is 2. The smallest absolute Gasteiger partial charge is 0.191 e. The first-order valence-electron chi connectivity index (χ1n) is 12.4. The molecule has 4 rings (SSSR count). The summed E-state index contributed by atoms with van der Waals surface area (Å²) in [4.78, 5) is 10.3. The number of likely N-dealkylation sites (N-methyl/N-ethyl adjacent to an activating group) is 1. The van der Waals surface area contributed by atoms with Crippen LogP contribution in [0.3, 0.4) is 0 Å². The van der Waals surface area contributed by atoms with Gasteiger partial charge in [-0.2, -0.15) is 0 Å². The van der Waals surface area contributed by atoms with Crippen molar-refractivity contribution in [1.29, 1.82) is 0 Å². The van der Waals surface area contributed by atoms with Crippen LogP contribution in [0, 0.1) is 0 Å². The van der Waals surface area contributed by atoms with Crippen molar-refractivity contribution in [3.05, 3.63) is 24.2 Å². The largest absolute Gasteiger partial charge is 0.469 e. The lowest BCUT2D eigenvalue weighted by Crippen LogP contribution is -2.50. The summed E-state index contributed by atoms with van der Waals surface area (Å²) in [5.41, 5.74) is 0. The normalized spacial score (nSPS) is 25.2. The molecule has 1 saturated carbocycles. The van der Waals surface area contributed by atoms with Gasteiger partial charge in [-0.15, -0.1) is 0 Å². The number of rotatable bonds is 8. The van der Waals surface area contributed by atoms with Crippen molar-refractivity contribution in [2.75, 3.05) is 39.3 Å². The third-order valence-corrected chi connectivity index (χ3v) is 7.32. The van der Waals surface area contributed by atoms with E-state index in [-0.39, 0.29) is 0 Å². The van der Waals surface area contributed by atoms with Crippen molar-refractivity contribution in [1.82, 2.24) is 20.4 Å². The minimum absolute atomic E-state index is 0.531. The summed E-state index contributed by atoms with van der Waals surface area (Å²) in [6.45, 7) is 8.83. The van der Waals surface area contributed by atoms with Crippen LogP contribution in [0.4, 0.5) is 0 Å². The fourth-order valence-electron chi connectivity index (χ4n) is 5.50. The van der Waals surface area contributed by atoms with Gasteiger partial charge in [-0.25, -0.2) is 0 Å². The number of hydrogen-bond donors (Lipinski definition) is 2. The van der Waals surface area contributed by atoms with Crippen LogP contribution in [0.1, 0.15) is 64.1 Å². The number of piperidine rings is 1. The highest BCUT2D eigenvalue weighted by Crippen LogP contribution is 2.26. The Morgan fingerprint density at radius 3 is 2.67 bits per heavy atom. The van der Waals surface area contributed by atoms with Crippen LogP contribution in [-0.4, -0.2) is 73.2 Å². The first kappa shape index (κ1) is 21.7. The van der Waals surface area contributed by atoms with Crippen LogP contribution in [-0.2, 0) is 6.42 Å². The van der Waals surface area contributed by atoms with Crippen molar-refractivity contribution < 1.29 is 4.42 Å². The van der Waals surface area contributed by atoms with E-state index in [4.69, 9.17) is 9.41 Å². The van der Waals surface area contributed by atoms with Crippen LogP contribution >= 0.6 is 0 Å². The highest BCUT2D eigenvalue weighted by atomic mass is 16.3. The Hall–Kier alpha value is -1.53. The third kappa shape index (κ3) is 6.01. The first-order valence-corrected chi connectivity index (χ1v) is 12.4. The lowest BCUT2D eigenvalue weighted by molar-refractivity contribution is 0.150. The summed E-state index contributed by atoms with van der Waals surface area (Å²) in [5, 5.41) is 7.34. The van der Waals surface area contributed by atoms with E-state index in [0.717, 1.165) is 43.8 Å². The molecule has 0 bridgehead atoms. The van der Waals surface area contributed by atoms with E-state index in [9.17, 15) is 0 Å². The molecule has 0 amide bonds. The standard InChI is InChI=1S/C24H41N5O/c1-2-28-15-5-9-22(28)19-26-24(25-14-11-23-10-6-18-30-23)27-20-12-16-29(17-13-20)21-7-3-4-8-21/h6,10,18,20-22H,2-5,7-9,11-17,19H2,1H3,(H2,25,26,27). The molecule has 1 aliphatic carbocycles. The maximum atomic E-state index is 5.48. The van der Waals surface area contributed by atoms with E-state index in [1.54, 1.807) is 6.26 Å². The van der Waals surface area contributed by atoms with Crippen molar-refractivity contribution >= 4 is 5.96 Å². The zero-order chi connectivity index (χ0) is 20.6. The van der Waals surface area contributed by atoms with Crippen molar-refractivity contribution in [3.63, 3.8) is 0 Å². The topological polar surface area (TPSA) is 56.0 Å². The van der Waals surface area contributed by atoms with Crippen LogP contribution in [0.2, 0.25) is 0 Å². The van der Waals surface area contributed by atoms with Crippen LogP contribution in [0.5, 0.6) is 0 Å². The summed E-state index contributed by atoms with van der Waals surface area (Å²) in [6, 6.07) is 5.99. The first-order chi connectivity index (χ1) is 14.8. The van der Waals surface area contributed by atoms with E-state index in [0.29, 0.717) is 12.1 Å². The van der Waals surface area contributed by atoms with Crippen LogP contribution in [0.25, 0.3) is 0 Å². The summed E-state index contributed by atoms with van der Waals surface area (Å²) in [7, 11) is 0. The molecule has 1 unspecified atom stereocenters. The molecule has 0 spiro atoms. The van der Waals surface area contributed by atoms with Gasteiger partial charge >= 0.3 is 0 Å². The Bertz CT molecular complexity index is 632. The molecule has 1 aromatic heterocycles. The predicted octanol–water partition coefficient (Wildman–Crippen LogP) is 3.25. The molecule has 0 aromatic carbocycles. The quantitative estimate of drug-likeness (QED) is 0.504. The molecule has 168 valence electrons. The second-order valence-electron chi connectivity index (χ2n) is 9.26. The average Bonchev–Trinajstić information content (AvgIpc) is 3.55. The number of furan rings is 1. The number of aliphatic imine (C=N–C) groups is 1. The lowest BCUT2D eigenvalue weighted by atomic mass is 10.0. The van der Waals surface area contributed by atoms with Crippen molar-refractivity contribution in [3.8, 4) is 0 Å². The third-order valence-electron chi connectivity index (χ3n) is 7.32. The predicted molar refractivity (Wildman–Crippen MR) is 123 cm³/mol. The van der Waals surface area contributed by atoms with Gasteiger partial charge in [0.25, 0.3) is 0 Å². The van der Waals surface area contributed by atoms with Gasteiger partial charge in [0.1, 0.15) is 5.76 Å². The summed E-state index contributed by atoms with van der Waals surface area (Å²) < 4.78 is 5.48. The van der Waals surface area contributed by atoms with Crippen molar-refractivity contribution in [2.45, 2.75) is 82.8 Å². The highest BCUT2D eigenvalue weighted by Gasteiger charge is 2.28. The second-order valence-corrected chi connectivity index (χ2v) is 9.26. The number of guanidine groups is 1. The highest BCUT2D eigenvalue weighted by molar-refractivity contribution is 5.80.